The van der Waals surface area contributed by atoms with Gasteiger partial charge in [-0.3, -0.25) is 0 Å². The number of nitrogens with one attached hydrogen (secondary N) is 3. The molecule has 294 valence electrons. The van der Waals surface area contributed by atoms with Crippen LogP contribution in [0.1, 0.15) is 16.7 Å². The highest BCUT2D eigenvalue weighted by atomic mass is 16.3. The molecule has 0 spiro atoms. The predicted molar refractivity (Wildman–Crippen MR) is 225 cm³/mol. The number of anilines is 6. The zero-order valence-corrected chi connectivity index (χ0v) is 32.1. The van der Waals surface area contributed by atoms with E-state index in [0.29, 0.717) is 45.2 Å². The zero-order chi connectivity index (χ0) is 41.1. The molecule has 4 heterocycles. The second kappa shape index (κ2) is 14.1. The molecule has 0 bridgehead atoms. The maximum absolute atomic E-state index is 11.3. The minimum atomic E-state index is -0.110. The first-order valence-electron chi connectivity index (χ1n) is 18.7. The Morgan fingerprint density at radius 1 is 0.367 bits per heavy atom. The van der Waals surface area contributed by atoms with Crippen LogP contribution < -0.4 is 16.0 Å². The van der Waals surface area contributed by atoms with E-state index >= 15 is 0 Å². The highest BCUT2D eigenvalue weighted by Crippen LogP contribution is 2.35. The molecule has 0 saturated heterocycles. The average molecular weight is 796 g/mol. The van der Waals surface area contributed by atoms with E-state index in [-0.39, 0.29) is 35.1 Å². The van der Waals surface area contributed by atoms with Gasteiger partial charge in [0.2, 0.25) is 17.8 Å². The third kappa shape index (κ3) is 6.58. The van der Waals surface area contributed by atoms with Crippen molar-refractivity contribution in [2.24, 2.45) is 0 Å². The quantitative estimate of drug-likeness (QED) is 0.0785. The third-order valence-electron chi connectivity index (χ3n) is 9.83. The Bertz CT molecular complexity index is 2840. The summed E-state index contributed by atoms with van der Waals surface area (Å²) in [5, 5.41) is 70.4. The summed E-state index contributed by atoms with van der Waals surface area (Å²) in [6.07, 6.45) is 0. The van der Waals surface area contributed by atoms with E-state index in [4.69, 9.17) is 0 Å². The van der Waals surface area contributed by atoms with Crippen molar-refractivity contribution in [2.75, 3.05) is 16.0 Å². The van der Waals surface area contributed by atoms with Gasteiger partial charge in [0.25, 0.3) is 0 Å². The van der Waals surface area contributed by atoms with Gasteiger partial charge in [-0.2, -0.15) is 24.5 Å². The molecular weight excluding hydrogens is 763 g/mol. The number of fused-ring (bicyclic) bond motifs is 3. The summed E-state index contributed by atoms with van der Waals surface area (Å²) in [6, 6.07) is 32.3. The topological polar surface area (TPSA) is 228 Å². The van der Waals surface area contributed by atoms with Gasteiger partial charge in [-0.05, 0) is 92.1 Å². The van der Waals surface area contributed by atoms with Crippen molar-refractivity contribution in [3.8, 4) is 34.3 Å². The molecule has 0 radical (unpaired) electrons. The standard InChI is InChI=1S/C42H33N15O3/c1-22-18-36(57-53-29-14-8-9-15-30(29)54-57)39(60)19-31(22)43-40-46-41(44-32-16-23(2)34(20-37(32)58)55-49-25-10-4-5-11-26(25)50-55)48-42(47-40)45-33-17-24(3)35(21-38(33)59)56-51-27-12-6-7-13-28(27)52-56/h4-21,58-60H,1-3H3,(H3,43,44,45,46,47,48). The molecule has 0 fully saturated rings. The van der Waals surface area contributed by atoms with E-state index in [2.05, 4.69) is 61.5 Å². The van der Waals surface area contributed by atoms with Gasteiger partial charge in [-0.15, -0.1) is 35.4 Å². The normalized spacial score (nSPS) is 11.4. The van der Waals surface area contributed by atoms with Crippen LogP contribution in [0.5, 0.6) is 17.2 Å². The fourth-order valence-electron chi connectivity index (χ4n) is 6.79. The minimum Gasteiger partial charge on any atom is -0.506 e. The predicted octanol–water partition coefficient (Wildman–Crippen LogP) is 7.35. The monoisotopic (exact) mass is 795 g/mol. The van der Waals surface area contributed by atoms with Gasteiger partial charge in [0.15, 0.2) is 0 Å². The Labute approximate surface area is 339 Å². The number of aromatic hydroxyl groups is 3. The lowest BCUT2D eigenvalue weighted by Gasteiger charge is -2.16. The molecule has 0 unspecified atom stereocenters. The molecule has 6 N–H and O–H groups in total. The molecule has 0 saturated carbocycles. The highest BCUT2D eigenvalue weighted by molar-refractivity contribution is 5.77. The van der Waals surface area contributed by atoms with Crippen LogP contribution in [0.25, 0.3) is 50.2 Å². The number of aromatic nitrogens is 12. The van der Waals surface area contributed by atoms with Crippen LogP contribution in [0.15, 0.2) is 109 Å². The molecule has 10 aromatic rings. The van der Waals surface area contributed by atoms with Crippen molar-refractivity contribution in [3.63, 3.8) is 0 Å². The summed E-state index contributed by atoms with van der Waals surface area (Å²) in [5.74, 6) is -0.135. The Morgan fingerprint density at radius 3 is 1.07 bits per heavy atom. The molecule has 10 rings (SSSR count). The Kier molecular flexibility index (Phi) is 8.37. The number of rotatable bonds is 9. The molecule has 18 heteroatoms. The number of phenolic OH excluding ortho intramolecular Hbond substituents is 3. The largest absolute Gasteiger partial charge is 0.506 e. The van der Waals surface area contributed by atoms with Crippen molar-refractivity contribution in [2.45, 2.75) is 20.8 Å². The van der Waals surface area contributed by atoms with E-state index < -0.39 is 0 Å². The number of hydrogen-bond acceptors (Lipinski definition) is 15. The van der Waals surface area contributed by atoms with Gasteiger partial charge in [-0.1, -0.05) is 36.4 Å². The lowest BCUT2D eigenvalue weighted by Crippen LogP contribution is -2.09. The molecule has 0 aliphatic carbocycles. The first-order chi connectivity index (χ1) is 29.1. The molecular formula is C42H33N15O3. The van der Waals surface area contributed by atoms with Crippen molar-refractivity contribution >= 4 is 68.0 Å². The van der Waals surface area contributed by atoms with Crippen molar-refractivity contribution < 1.29 is 15.3 Å². The lowest BCUT2D eigenvalue weighted by atomic mass is 10.1. The van der Waals surface area contributed by atoms with Crippen molar-refractivity contribution in [1.29, 1.82) is 0 Å². The molecule has 18 nitrogen and oxygen atoms in total. The number of aryl methyl sites for hydroxylation is 3. The maximum Gasteiger partial charge on any atom is 0.233 e. The lowest BCUT2D eigenvalue weighted by molar-refractivity contribution is 0.468. The van der Waals surface area contributed by atoms with Gasteiger partial charge in [0, 0.05) is 23.9 Å². The summed E-state index contributed by atoms with van der Waals surface area (Å²) < 4.78 is 0. The van der Waals surface area contributed by atoms with Crippen molar-refractivity contribution in [1.82, 2.24) is 59.9 Å². The summed E-state index contributed by atoms with van der Waals surface area (Å²) in [4.78, 5) is 18.2. The second-order valence-corrected chi connectivity index (χ2v) is 14.1. The molecule has 0 atom stereocenters. The highest BCUT2D eigenvalue weighted by Gasteiger charge is 2.18. The summed E-state index contributed by atoms with van der Waals surface area (Å²) in [7, 11) is 0. The fraction of sp³-hybridized carbons (Fsp3) is 0.0714. The van der Waals surface area contributed by atoms with Crippen LogP contribution in [0.4, 0.5) is 34.9 Å². The molecule has 0 aliphatic rings. The van der Waals surface area contributed by atoms with Gasteiger partial charge >= 0.3 is 0 Å². The number of phenols is 3. The Hall–Kier alpha value is -8.67. The molecule has 4 aromatic heterocycles. The Balaban J connectivity index is 0.999. The maximum atomic E-state index is 11.3. The first kappa shape index (κ1) is 35.7. The average Bonchev–Trinajstić information content (AvgIpc) is 3.98. The summed E-state index contributed by atoms with van der Waals surface area (Å²) >= 11 is 0. The molecule has 6 aromatic carbocycles. The van der Waals surface area contributed by atoms with E-state index in [1.807, 2.05) is 93.6 Å². The van der Waals surface area contributed by atoms with E-state index in [9.17, 15) is 15.3 Å². The van der Waals surface area contributed by atoms with Crippen LogP contribution >= 0.6 is 0 Å². The Morgan fingerprint density at radius 2 is 0.700 bits per heavy atom. The minimum absolute atomic E-state index is 0.0478. The molecule has 0 amide bonds. The van der Waals surface area contributed by atoms with Crippen LogP contribution in [0.3, 0.4) is 0 Å². The van der Waals surface area contributed by atoms with Gasteiger partial charge in [0.05, 0.1) is 22.7 Å². The van der Waals surface area contributed by atoms with E-state index in [1.165, 1.54) is 20.5 Å². The third-order valence-corrected chi connectivity index (χ3v) is 9.83. The second-order valence-electron chi connectivity index (χ2n) is 14.1. The van der Waals surface area contributed by atoms with Crippen molar-refractivity contribution in [3.05, 3.63) is 126 Å². The van der Waals surface area contributed by atoms with E-state index in [1.54, 1.807) is 30.3 Å². The SMILES string of the molecule is Cc1cc(-n2nc3ccccc3n2)c(O)cc1Nc1nc(Nc2cc(C)c(-n3nc4ccccc4n3)cc2O)nc(Nc2cc(C)c(-n3nc4ccccc4n3)cc2O)n1. The molecule has 60 heavy (non-hydrogen) atoms. The smallest absolute Gasteiger partial charge is 0.233 e. The van der Waals surface area contributed by atoms with E-state index in [0.717, 1.165) is 38.8 Å². The van der Waals surface area contributed by atoms with Crippen LogP contribution in [-0.4, -0.2) is 75.3 Å². The summed E-state index contributed by atoms with van der Waals surface area (Å²) in [6.45, 7) is 5.60. The number of benzene rings is 6. The number of nitrogens with zero attached hydrogens (tertiary/aromatic N) is 12. The fourth-order valence-corrected chi connectivity index (χ4v) is 6.79. The van der Waals surface area contributed by atoms with Gasteiger partial charge < -0.3 is 31.3 Å². The van der Waals surface area contributed by atoms with Crippen LogP contribution in [0, 0.1) is 20.8 Å². The first-order valence-corrected chi connectivity index (χ1v) is 18.7. The molecule has 0 aliphatic heterocycles. The number of hydrogen-bond donors (Lipinski definition) is 6. The zero-order valence-electron chi connectivity index (χ0n) is 32.1. The van der Waals surface area contributed by atoms with Gasteiger partial charge in [-0.25, -0.2) is 0 Å². The van der Waals surface area contributed by atoms with Crippen LogP contribution in [-0.2, 0) is 0 Å². The van der Waals surface area contributed by atoms with Gasteiger partial charge in [0.1, 0.15) is 56.0 Å². The van der Waals surface area contributed by atoms with Crippen LogP contribution in [0.2, 0.25) is 0 Å². The summed E-state index contributed by atoms with van der Waals surface area (Å²) in [5.41, 5.74) is 9.12.